The molecule has 3 heterocycles. The number of aromatic nitrogens is 2. The largest absolute Gasteiger partial charge is 0.368 e. The van der Waals surface area contributed by atoms with Crippen LogP contribution in [0.1, 0.15) is 28.8 Å². The van der Waals surface area contributed by atoms with E-state index in [1.54, 1.807) is 11.3 Å². The highest BCUT2D eigenvalue weighted by Crippen LogP contribution is 2.40. The first-order valence-corrected chi connectivity index (χ1v) is 8.82. The minimum atomic E-state index is -0.0119. The first kappa shape index (κ1) is 12.8. The Morgan fingerprint density at radius 2 is 2.25 bits per heavy atom. The molecule has 3 N–H and O–H groups in total. The van der Waals surface area contributed by atoms with Crippen molar-refractivity contribution in [3.05, 3.63) is 16.3 Å². The third kappa shape index (κ3) is 2.00. The fourth-order valence-corrected chi connectivity index (χ4v) is 5.01. The lowest BCUT2D eigenvalue weighted by atomic mass is 10.2. The fourth-order valence-electron chi connectivity index (χ4n) is 2.90. The summed E-state index contributed by atoms with van der Waals surface area (Å²) in [6, 6.07) is 0. The Morgan fingerprint density at radius 3 is 3.05 bits per heavy atom. The molecule has 1 aliphatic heterocycles. The van der Waals surface area contributed by atoms with Crippen molar-refractivity contribution in [2.24, 2.45) is 5.84 Å². The maximum absolute atomic E-state index is 5.78. The van der Waals surface area contributed by atoms with Crippen molar-refractivity contribution >= 4 is 39.1 Å². The SMILES string of the molecule is NNc1nc(C2CSCCO2)nc2sc3c(c12)CCC3. The van der Waals surface area contributed by atoms with E-state index in [-0.39, 0.29) is 6.10 Å². The second-order valence-corrected chi connectivity index (χ2v) is 7.28. The highest BCUT2D eigenvalue weighted by atomic mass is 32.2. The molecule has 7 heteroatoms. The van der Waals surface area contributed by atoms with E-state index in [0.717, 1.165) is 52.8 Å². The molecule has 0 amide bonds. The van der Waals surface area contributed by atoms with E-state index >= 15 is 0 Å². The van der Waals surface area contributed by atoms with Crippen LogP contribution in [0.5, 0.6) is 0 Å². The lowest BCUT2D eigenvalue weighted by molar-refractivity contribution is 0.0698. The zero-order chi connectivity index (χ0) is 13.5. The number of hydrazine groups is 1. The molecule has 1 unspecified atom stereocenters. The van der Waals surface area contributed by atoms with Gasteiger partial charge >= 0.3 is 0 Å². The van der Waals surface area contributed by atoms with Gasteiger partial charge in [0.15, 0.2) is 11.6 Å². The van der Waals surface area contributed by atoms with Gasteiger partial charge in [0, 0.05) is 16.4 Å². The van der Waals surface area contributed by atoms with Crippen LogP contribution in [0.2, 0.25) is 0 Å². The number of hydrogen-bond donors (Lipinski definition) is 2. The Kier molecular flexibility index (Phi) is 3.30. The lowest BCUT2D eigenvalue weighted by Gasteiger charge is -2.21. The van der Waals surface area contributed by atoms with Crippen molar-refractivity contribution in [3.63, 3.8) is 0 Å². The number of nitrogens with one attached hydrogen (secondary N) is 1. The summed E-state index contributed by atoms with van der Waals surface area (Å²) in [5.74, 6) is 9.17. The molecule has 1 saturated heterocycles. The van der Waals surface area contributed by atoms with Gasteiger partial charge in [-0.15, -0.1) is 11.3 Å². The van der Waals surface area contributed by atoms with E-state index in [2.05, 4.69) is 10.4 Å². The summed E-state index contributed by atoms with van der Waals surface area (Å²) in [7, 11) is 0. The molecule has 20 heavy (non-hydrogen) atoms. The molecule has 1 atom stereocenters. The summed E-state index contributed by atoms with van der Waals surface area (Å²) < 4.78 is 5.78. The molecule has 0 bridgehead atoms. The van der Waals surface area contributed by atoms with E-state index in [1.165, 1.54) is 16.9 Å². The van der Waals surface area contributed by atoms with Crippen molar-refractivity contribution in [2.75, 3.05) is 23.5 Å². The smallest absolute Gasteiger partial charge is 0.162 e. The molecular formula is C13H16N4OS2. The Morgan fingerprint density at radius 1 is 1.30 bits per heavy atom. The van der Waals surface area contributed by atoms with Gasteiger partial charge in [0.25, 0.3) is 0 Å². The molecule has 106 valence electrons. The summed E-state index contributed by atoms with van der Waals surface area (Å²) in [5, 5.41) is 1.12. The van der Waals surface area contributed by atoms with E-state index in [0.29, 0.717) is 0 Å². The van der Waals surface area contributed by atoms with Crippen LogP contribution in [0, 0.1) is 0 Å². The van der Waals surface area contributed by atoms with Crippen LogP contribution in [-0.2, 0) is 17.6 Å². The van der Waals surface area contributed by atoms with Crippen LogP contribution in [0.15, 0.2) is 0 Å². The molecule has 1 fully saturated rings. The van der Waals surface area contributed by atoms with Gasteiger partial charge in [0.1, 0.15) is 10.9 Å². The molecule has 2 aromatic rings. The van der Waals surface area contributed by atoms with Crippen molar-refractivity contribution < 1.29 is 4.74 Å². The van der Waals surface area contributed by atoms with Gasteiger partial charge in [-0.3, -0.25) is 0 Å². The number of anilines is 1. The van der Waals surface area contributed by atoms with Crippen LogP contribution in [0.4, 0.5) is 5.82 Å². The van der Waals surface area contributed by atoms with Gasteiger partial charge in [0.2, 0.25) is 0 Å². The van der Waals surface area contributed by atoms with E-state index in [4.69, 9.17) is 15.6 Å². The van der Waals surface area contributed by atoms with Gasteiger partial charge in [-0.1, -0.05) is 0 Å². The number of nitrogen functional groups attached to an aromatic ring is 1. The van der Waals surface area contributed by atoms with Crippen molar-refractivity contribution in [2.45, 2.75) is 25.4 Å². The lowest BCUT2D eigenvalue weighted by Crippen LogP contribution is -2.19. The first-order chi connectivity index (χ1) is 9.86. The van der Waals surface area contributed by atoms with Gasteiger partial charge in [-0.05, 0) is 24.8 Å². The summed E-state index contributed by atoms with van der Waals surface area (Å²) in [4.78, 5) is 11.9. The van der Waals surface area contributed by atoms with Gasteiger partial charge in [-0.25, -0.2) is 15.8 Å². The molecule has 5 nitrogen and oxygen atoms in total. The normalized spacial score (nSPS) is 22.1. The zero-order valence-corrected chi connectivity index (χ0v) is 12.6. The number of fused-ring (bicyclic) bond motifs is 3. The second kappa shape index (κ2) is 5.14. The van der Waals surface area contributed by atoms with Gasteiger partial charge < -0.3 is 10.2 Å². The Labute approximate surface area is 125 Å². The van der Waals surface area contributed by atoms with E-state index in [9.17, 15) is 0 Å². The minimum Gasteiger partial charge on any atom is -0.368 e. The maximum atomic E-state index is 5.78. The molecule has 0 aromatic carbocycles. The fraction of sp³-hybridized carbons (Fsp3) is 0.538. The predicted molar refractivity (Wildman–Crippen MR) is 83.3 cm³/mol. The molecule has 4 rings (SSSR count). The van der Waals surface area contributed by atoms with Crippen LogP contribution in [0.3, 0.4) is 0 Å². The highest BCUT2D eigenvalue weighted by Gasteiger charge is 2.25. The van der Waals surface area contributed by atoms with Crippen LogP contribution in [-0.4, -0.2) is 28.1 Å². The highest BCUT2D eigenvalue weighted by molar-refractivity contribution is 7.99. The van der Waals surface area contributed by atoms with Crippen LogP contribution in [0.25, 0.3) is 10.2 Å². The number of nitrogens with two attached hydrogens (primary N) is 1. The molecule has 1 aliphatic carbocycles. The second-order valence-electron chi connectivity index (χ2n) is 5.05. The summed E-state index contributed by atoms with van der Waals surface area (Å²) in [6.07, 6.45) is 3.49. The quantitative estimate of drug-likeness (QED) is 0.655. The van der Waals surface area contributed by atoms with Crippen molar-refractivity contribution in [1.29, 1.82) is 0 Å². The molecule has 0 saturated carbocycles. The van der Waals surface area contributed by atoms with E-state index in [1.807, 2.05) is 11.8 Å². The number of thiophene rings is 1. The Balaban J connectivity index is 1.84. The number of rotatable bonds is 2. The standard InChI is InChI=1S/C13H16N4OS2/c14-17-12-10-7-2-1-3-9(7)20-13(10)16-11(15-12)8-6-19-5-4-18-8/h8H,1-6,14H2,(H,15,16,17). The predicted octanol–water partition coefficient (Wildman–Crippen LogP) is 2.27. The topological polar surface area (TPSA) is 73.1 Å². The van der Waals surface area contributed by atoms with Gasteiger partial charge in [-0.2, -0.15) is 11.8 Å². The number of aryl methyl sites for hydroxylation is 2. The van der Waals surface area contributed by atoms with Gasteiger partial charge in [0.05, 0.1) is 12.0 Å². The van der Waals surface area contributed by atoms with Crippen LogP contribution < -0.4 is 11.3 Å². The monoisotopic (exact) mass is 308 g/mol. The number of ether oxygens (including phenoxy) is 1. The molecule has 0 spiro atoms. The average Bonchev–Trinajstić information content (AvgIpc) is 3.07. The summed E-state index contributed by atoms with van der Waals surface area (Å²) >= 11 is 3.67. The van der Waals surface area contributed by atoms with Crippen molar-refractivity contribution in [1.82, 2.24) is 9.97 Å². The number of thioether (sulfide) groups is 1. The summed E-state index contributed by atoms with van der Waals surface area (Å²) in [5.41, 5.74) is 4.15. The number of hydrogen-bond acceptors (Lipinski definition) is 7. The Bertz CT molecular complexity index is 651. The third-order valence-corrected chi connectivity index (χ3v) is 6.00. The molecule has 0 radical (unpaired) electrons. The average molecular weight is 308 g/mol. The van der Waals surface area contributed by atoms with Crippen molar-refractivity contribution in [3.8, 4) is 0 Å². The first-order valence-electron chi connectivity index (χ1n) is 6.85. The van der Waals surface area contributed by atoms with E-state index < -0.39 is 0 Å². The minimum absolute atomic E-state index is 0.0119. The molecule has 2 aliphatic rings. The Hall–Kier alpha value is -0.890. The molecular weight excluding hydrogens is 292 g/mol. The molecule has 2 aromatic heterocycles. The number of nitrogens with zero attached hydrogens (tertiary/aromatic N) is 2. The summed E-state index contributed by atoms with van der Waals surface area (Å²) in [6.45, 7) is 0.767. The third-order valence-electron chi connectivity index (χ3n) is 3.82. The zero-order valence-electron chi connectivity index (χ0n) is 11.0. The van der Waals surface area contributed by atoms with Crippen LogP contribution >= 0.6 is 23.1 Å². The maximum Gasteiger partial charge on any atom is 0.162 e.